The molecule has 5 heteroatoms. The molecular weight excluding hydrogens is 377 g/mol. The number of amides is 1. The molecule has 0 saturated carbocycles. The normalized spacial score (nSPS) is 19.5. The lowest BCUT2D eigenvalue weighted by molar-refractivity contribution is -0.117. The quantitative estimate of drug-likeness (QED) is 0.746. The highest BCUT2D eigenvalue weighted by Crippen LogP contribution is 2.20. The van der Waals surface area contributed by atoms with Crippen molar-refractivity contribution in [1.29, 1.82) is 0 Å². The third-order valence-corrected chi connectivity index (χ3v) is 4.68. The third-order valence-electron chi connectivity index (χ3n) is 4.01. The molecule has 3 N–H and O–H groups in total. The van der Waals surface area contributed by atoms with E-state index in [1.165, 1.54) is 16.4 Å². The lowest BCUT2D eigenvalue weighted by atomic mass is 9.95. The molecule has 0 bridgehead atoms. The Balaban J connectivity index is 1.86. The van der Waals surface area contributed by atoms with Crippen molar-refractivity contribution < 1.29 is 4.79 Å². The summed E-state index contributed by atoms with van der Waals surface area (Å²) < 4.78 is 1.18. The van der Waals surface area contributed by atoms with E-state index >= 15 is 0 Å². The summed E-state index contributed by atoms with van der Waals surface area (Å²) >= 11 is 2.28. The number of rotatable bonds is 5. The van der Waals surface area contributed by atoms with Gasteiger partial charge in [0, 0.05) is 15.8 Å². The molecule has 2 rings (SSSR count). The van der Waals surface area contributed by atoms with Gasteiger partial charge in [0.2, 0.25) is 5.91 Å². The minimum atomic E-state index is 0.0766. The Morgan fingerprint density at radius 2 is 2.33 bits per heavy atom. The lowest BCUT2D eigenvalue weighted by Crippen LogP contribution is -2.41. The summed E-state index contributed by atoms with van der Waals surface area (Å²) in [5.74, 6) is 0.726. The summed E-state index contributed by atoms with van der Waals surface area (Å²) in [6, 6.07) is 6.07. The number of likely N-dealkylation sites (tertiary alicyclic amines) is 1. The highest BCUT2D eigenvalue weighted by molar-refractivity contribution is 14.1. The Morgan fingerprint density at radius 3 is 3.05 bits per heavy atom. The van der Waals surface area contributed by atoms with Crippen LogP contribution < -0.4 is 11.1 Å². The Bertz CT molecular complexity index is 490. The summed E-state index contributed by atoms with van der Waals surface area (Å²) in [6.07, 6.45) is 3.47. The van der Waals surface area contributed by atoms with Crippen LogP contribution in [0, 0.1) is 16.4 Å². The van der Waals surface area contributed by atoms with Crippen molar-refractivity contribution in [3.05, 3.63) is 27.3 Å². The van der Waals surface area contributed by atoms with Gasteiger partial charge in [-0.1, -0.05) is 0 Å². The van der Waals surface area contributed by atoms with E-state index < -0.39 is 0 Å². The van der Waals surface area contributed by atoms with E-state index in [1.54, 1.807) is 0 Å². The SMILES string of the molecule is Cc1cc(I)ccc1NC(=O)CN1CCCC(CCN)C1. The zero-order chi connectivity index (χ0) is 15.2. The number of anilines is 1. The number of aryl methyl sites for hydroxylation is 1. The Hall–Kier alpha value is -0.660. The average Bonchev–Trinajstić information content (AvgIpc) is 2.43. The van der Waals surface area contributed by atoms with Gasteiger partial charge in [-0.2, -0.15) is 0 Å². The van der Waals surface area contributed by atoms with Crippen LogP contribution in [0.25, 0.3) is 0 Å². The number of nitrogens with one attached hydrogen (secondary N) is 1. The van der Waals surface area contributed by atoms with Crippen molar-refractivity contribution in [2.24, 2.45) is 11.7 Å². The Morgan fingerprint density at radius 1 is 1.52 bits per heavy atom. The summed E-state index contributed by atoms with van der Waals surface area (Å²) in [5, 5.41) is 3.02. The van der Waals surface area contributed by atoms with Crippen molar-refractivity contribution in [2.75, 3.05) is 31.5 Å². The van der Waals surface area contributed by atoms with Crippen LogP contribution in [0.4, 0.5) is 5.69 Å². The molecule has 0 aliphatic carbocycles. The van der Waals surface area contributed by atoms with Crippen LogP contribution in [0.2, 0.25) is 0 Å². The maximum absolute atomic E-state index is 12.2. The minimum Gasteiger partial charge on any atom is -0.330 e. The largest absolute Gasteiger partial charge is 0.330 e. The molecule has 1 aromatic carbocycles. The topological polar surface area (TPSA) is 58.4 Å². The van der Waals surface area contributed by atoms with Gasteiger partial charge in [0.05, 0.1) is 6.54 Å². The number of benzene rings is 1. The third kappa shape index (κ3) is 5.23. The van der Waals surface area contributed by atoms with Crippen LogP contribution in [0.1, 0.15) is 24.8 Å². The van der Waals surface area contributed by atoms with Crippen molar-refractivity contribution >= 4 is 34.2 Å². The zero-order valence-corrected chi connectivity index (χ0v) is 14.7. The van der Waals surface area contributed by atoms with Crippen LogP contribution in [0.3, 0.4) is 0 Å². The summed E-state index contributed by atoms with van der Waals surface area (Å²) in [7, 11) is 0. The molecule has 0 radical (unpaired) electrons. The summed E-state index contributed by atoms with van der Waals surface area (Å²) in [4.78, 5) is 14.5. The minimum absolute atomic E-state index is 0.0766. The first-order valence-electron chi connectivity index (χ1n) is 7.57. The van der Waals surface area contributed by atoms with E-state index in [0.717, 1.165) is 37.3 Å². The zero-order valence-electron chi connectivity index (χ0n) is 12.6. The predicted octanol–water partition coefficient (Wildman–Crippen LogP) is 2.60. The van der Waals surface area contributed by atoms with Gasteiger partial charge in [0.1, 0.15) is 0 Å². The fourth-order valence-corrected chi connectivity index (χ4v) is 3.57. The average molecular weight is 401 g/mol. The Kier molecular flexibility index (Phi) is 6.44. The number of hydrogen-bond acceptors (Lipinski definition) is 3. The molecule has 1 amide bonds. The molecule has 1 aliphatic heterocycles. The van der Waals surface area contributed by atoms with Gasteiger partial charge in [-0.3, -0.25) is 9.69 Å². The number of nitrogens with zero attached hydrogens (tertiary/aromatic N) is 1. The van der Waals surface area contributed by atoms with E-state index in [0.29, 0.717) is 12.5 Å². The number of nitrogens with two attached hydrogens (primary N) is 1. The summed E-state index contributed by atoms with van der Waals surface area (Å²) in [5.41, 5.74) is 7.66. The van der Waals surface area contributed by atoms with E-state index in [9.17, 15) is 4.79 Å². The van der Waals surface area contributed by atoms with Crippen LogP contribution in [0.5, 0.6) is 0 Å². The maximum atomic E-state index is 12.2. The van der Waals surface area contributed by atoms with E-state index in [2.05, 4.69) is 38.9 Å². The van der Waals surface area contributed by atoms with E-state index in [-0.39, 0.29) is 5.91 Å². The molecule has 0 spiro atoms. The fraction of sp³-hybridized carbons (Fsp3) is 0.562. The molecule has 1 saturated heterocycles. The first-order valence-corrected chi connectivity index (χ1v) is 8.65. The van der Waals surface area contributed by atoms with Crippen LogP contribution >= 0.6 is 22.6 Å². The van der Waals surface area contributed by atoms with Gasteiger partial charge in [-0.05, 0) is 91.5 Å². The molecule has 1 fully saturated rings. The van der Waals surface area contributed by atoms with Crippen molar-refractivity contribution in [1.82, 2.24) is 4.90 Å². The molecule has 0 aromatic heterocycles. The molecule has 4 nitrogen and oxygen atoms in total. The van der Waals surface area contributed by atoms with E-state index in [1.807, 2.05) is 19.1 Å². The van der Waals surface area contributed by atoms with Gasteiger partial charge < -0.3 is 11.1 Å². The molecule has 1 aliphatic rings. The molecule has 116 valence electrons. The van der Waals surface area contributed by atoms with Gasteiger partial charge >= 0.3 is 0 Å². The summed E-state index contributed by atoms with van der Waals surface area (Å²) in [6.45, 7) is 5.26. The highest BCUT2D eigenvalue weighted by Gasteiger charge is 2.21. The van der Waals surface area contributed by atoms with Gasteiger partial charge in [-0.25, -0.2) is 0 Å². The van der Waals surface area contributed by atoms with Crippen molar-refractivity contribution in [2.45, 2.75) is 26.2 Å². The number of hydrogen-bond donors (Lipinski definition) is 2. The second kappa shape index (κ2) is 8.10. The molecule has 1 aromatic rings. The van der Waals surface area contributed by atoms with Gasteiger partial charge in [-0.15, -0.1) is 0 Å². The molecule has 1 heterocycles. The van der Waals surface area contributed by atoms with Crippen molar-refractivity contribution in [3.8, 4) is 0 Å². The standard InChI is InChI=1S/C16H24IN3O/c1-12-9-14(17)4-5-15(12)19-16(21)11-20-8-2-3-13(10-20)6-7-18/h4-5,9,13H,2-3,6-8,10-11,18H2,1H3,(H,19,21). The lowest BCUT2D eigenvalue weighted by Gasteiger charge is -2.32. The maximum Gasteiger partial charge on any atom is 0.238 e. The molecule has 1 unspecified atom stereocenters. The number of carbonyl (C=O) groups is 1. The second-order valence-corrected chi connectivity index (χ2v) is 7.07. The van der Waals surface area contributed by atoms with Crippen LogP contribution in [-0.2, 0) is 4.79 Å². The molecule has 1 atom stereocenters. The van der Waals surface area contributed by atoms with Crippen LogP contribution in [-0.4, -0.2) is 37.0 Å². The second-order valence-electron chi connectivity index (χ2n) is 5.83. The number of piperidine rings is 1. The predicted molar refractivity (Wildman–Crippen MR) is 95.4 cm³/mol. The van der Waals surface area contributed by atoms with E-state index in [4.69, 9.17) is 5.73 Å². The number of halogens is 1. The number of carbonyl (C=O) groups excluding carboxylic acids is 1. The van der Waals surface area contributed by atoms with Gasteiger partial charge in [0.15, 0.2) is 0 Å². The van der Waals surface area contributed by atoms with Crippen molar-refractivity contribution in [3.63, 3.8) is 0 Å². The first kappa shape index (κ1) is 16.7. The fourth-order valence-electron chi connectivity index (χ4n) is 2.93. The van der Waals surface area contributed by atoms with Gasteiger partial charge in [0.25, 0.3) is 0 Å². The smallest absolute Gasteiger partial charge is 0.238 e. The Labute approximate surface area is 140 Å². The monoisotopic (exact) mass is 401 g/mol. The molecular formula is C16H24IN3O. The molecule has 21 heavy (non-hydrogen) atoms. The van der Waals surface area contributed by atoms with Crippen LogP contribution in [0.15, 0.2) is 18.2 Å². The highest BCUT2D eigenvalue weighted by atomic mass is 127. The first-order chi connectivity index (χ1) is 10.1.